The second-order valence-corrected chi connectivity index (χ2v) is 7.76. The van der Waals surface area contributed by atoms with Crippen molar-refractivity contribution in [1.29, 1.82) is 0 Å². The third-order valence-corrected chi connectivity index (χ3v) is 5.63. The number of hydrogen-bond acceptors (Lipinski definition) is 3. The molecule has 1 amide bonds. The highest BCUT2D eigenvalue weighted by Crippen LogP contribution is 2.23. The number of nitrogens with one attached hydrogen (secondary N) is 1. The van der Waals surface area contributed by atoms with Gasteiger partial charge in [-0.2, -0.15) is 0 Å². The lowest BCUT2D eigenvalue weighted by atomic mass is 10.1. The van der Waals surface area contributed by atoms with Crippen LogP contribution in [0.5, 0.6) is 0 Å². The zero-order valence-corrected chi connectivity index (χ0v) is 12.8. The number of benzene rings is 2. The van der Waals surface area contributed by atoms with Gasteiger partial charge in [-0.25, -0.2) is 8.42 Å². The van der Waals surface area contributed by atoms with Crippen LogP contribution in [0.1, 0.15) is 6.42 Å². The average molecular weight is 315 g/mol. The summed E-state index contributed by atoms with van der Waals surface area (Å²) in [6.45, 7) is 0. The molecular weight excluding hydrogens is 298 g/mol. The second kappa shape index (κ2) is 5.93. The van der Waals surface area contributed by atoms with Crippen LogP contribution < -0.4 is 5.32 Å². The number of rotatable bonds is 3. The van der Waals surface area contributed by atoms with Crippen LogP contribution in [0.3, 0.4) is 0 Å². The first kappa shape index (κ1) is 14.8. The summed E-state index contributed by atoms with van der Waals surface area (Å²) in [7, 11) is -3.04. The molecule has 2 aromatic carbocycles. The first-order chi connectivity index (χ1) is 10.5. The Balaban J connectivity index is 1.68. The standard InChI is InChI=1S/C17H17NO3S/c19-17(15-10-11-22(20,21)12-15)18-16-8-6-14(7-9-16)13-4-2-1-3-5-13/h1-9,15H,10-12H2,(H,18,19). The van der Waals surface area contributed by atoms with Crippen molar-refractivity contribution in [2.75, 3.05) is 16.8 Å². The molecule has 2 aromatic rings. The van der Waals surface area contributed by atoms with Gasteiger partial charge in [-0.05, 0) is 29.7 Å². The molecule has 22 heavy (non-hydrogen) atoms. The highest BCUT2D eigenvalue weighted by atomic mass is 32.2. The molecule has 4 nitrogen and oxygen atoms in total. The van der Waals surface area contributed by atoms with Gasteiger partial charge in [-0.15, -0.1) is 0 Å². The summed E-state index contributed by atoms with van der Waals surface area (Å²) < 4.78 is 22.8. The van der Waals surface area contributed by atoms with Crippen LogP contribution >= 0.6 is 0 Å². The van der Waals surface area contributed by atoms with E-state index in [-0.39, 0.29) is 17.4 Å². The van der Waals surface area contributed by atoms with Gasteiger partial charge in [0.2, 0.25) is 5.91 Å². The van der Waals surface area contributed by atoms with Crippen LogP contribution in [0.2, 0.25) is 0 Å². The largest absolute Gasteiger partial charge is 0.326 e. The minimum atomic E-state index is -3.04. The van der Waals surface area contributed by atoms with Crippen LogP contribution in [0.25, 0.3) is 11.1 Å². The third-order valence-electron chi connectivity index (χ3n) is 3.86. The van der Waals surface area contributed by atoms with E-state index in [4.69, 9.17) is 0 Å². The summed E-state index contributed by atoms with van der Waals surface area (Å²) in [5, 5.41) is 2.80. The summed E-state index contributed by atoms with van der Waals surface area (Å²) in [5.41, 5.74) is 2.87. The molecule has 0 aliphatic carbocycles. The van der Waals surface area contributed by atoms with E-state index in [1.807, 2.05) is 54.6 Å². The summed E-state index contributed by atoms with van der Waals surface area (Å²) >= 11 is 0. The lowest BCUT2D eigenvalue weighted by Crippen LogP contribution is -2.23. The Hall–Kier alpha value is -2.14. The van der Waals surface area contributed by atoms with Crippen molar-refractivity contribution < 1.29 is 13.2 Å². The number of hydrogen-bond donors (Lipinski definition) is 1. The lowest BCUT2D eigenvalue weighted by molar-refractivity contribution is -0.119. The molecule has 0 radical (unpaired) electrons. The predicted octanol–water partition coefficient (Wildman–Crippen LogP) is 2.73. The maximum Gasteiger partial charge on any atom is 0.228 e. The normalized spacial score (nSPS) is 19.7. The van der Waals surface area contributed by atoms with Crippen molar-refractivity contribution in [3.05, 3.63) is 54.6 Å². The third kappa shape index (κ3) is 3.36. The van der Waals surface area contributed by atoms with Gasteiger partial charge >= 0.3 is 0 Å². The minimum absolute atomic E-state index is 0.0407. The molecule has 0 aromatic heterocycles. The van der Waals surface area contributed by atoms with E-state index in [1.54, 1.807) is 0 Å². The van der Waals surface area contributed by atoms with Crippen LogP contribution in [-0.4, -0.2) is 25.8 Å². The Morgan fingerprint density at radius 3 is 2.18 bits per heavy atom. The average Bonchev–Trinajstić information content (AvgIpc) is 2.89. The molecule has 5 heteroatoms. The van der Waals surface area contributed by atoms with Gasteiger partial charge in [0, 0.05) is 5.69 Å². The highest BCUT2D eigenvalue weighted by molar-refractivity contribution is 7.91. The summed E-state index contributed by atoms with van der Waals surface area (Å²) in [4.78, 5) is 12.1. The number of anilines is 1. The number of amides is 1. The predicted molar refractivity (Wildman–Crippen MR) is 87.3 cm³/mol. The minimum Gasteiger partial charge on any atom is -0.326 e. The van der Waals surface area contributed by atoms with E-state index in [2.05, 4.69) is 5.32 Å². The van der Waals surface area contributed by atoms with E-state index >= 15 is 0 Å². The van der Waals surface area contributed by atoms with Crippen molar-refractivity contribution in [2.24, 2.45) is 5.92 Å². The van der Waals surface area contributed by atoms with Gasteiger partial charge < -0.3 is 5.32 Å². The number of carbonyl (C=O) groups is 1. The van der Waals surface area contributed by atoms with Crippen molar-refractivity contribution in [1.82, 2.24) is 0 Å². The molecule has 1 unspecified atom stereocenters. The molecule has 0 saturated carbocycles. The first-order valence-electron chi connectivity index (χ1n) is 7.20. The lowest BCUT2D eigenvalue weighted by Gasteiger charge is -2.10. The fourth-order valence-electron chi connectivity index (χ4n) is 2.62. The summed E-state index contributed by atoms with van der Waals surface area (Å²) in [5.74, 6) is -0.578. The Morgan fingerprint density at radius 2 is 1.59 bits per heavy atom. The topological polar surface area (TPSA) is 63.2 Å². The molecule has 1 heterocycles. The molecule has 1 atom stereocenters. The van der Waals surface area contributed by atoms with Crippen molar-refractivity contribution in [3.8, 4) is 11.1 Å². The molecule has 0 spiro atoms. The quantitative estimate of drug-likeness (QED) is 0.947. The Morgan fingerprint density at radius 1 is 0.955 bits per heavy atom. The summed E-state index contributed by atoms with van der Waals surface area (Å²) in [6, 6.07) is 17.5. The Labute approximate surface area is 130 Å². The van der Waals surface area contributed by atoms with E-state index < -0.39 is 15.8 Å². The molecule has 1 saturated heterocycles. The number of sulfone groups is 1. The van der Waals surface area contributed by atoms with Crippen LogP contribution in [0.4, 0.5) is 5.69 Å². The zero-order valence-electron chi connectivity index (χ0n) is 12.0. The molecule has 0 bridgehead atoms. The van der Waals surface area contributed by atoms with Crippen LogP contribution in [-0.2, 0) is 14.6 Å². The number of carbonyl (C=O) groups excluding carboxylic acids is 1. The molecule has 1 aliphatic heterocycles. The van der Waals surface area contributed by atoms with E-state index in [1.165, 1.54) is 0 Å². The molecular formula is C17H17NO3S. The molecule has 3 rings (SSSR count). The van der Waals surface area contributed by atoms with Crippen molar-refractivity contribution in [2.45, 2.75) is 6.42 Å². The van der Waals surface area contributed by atoms with Gasteiger partial charge in [-0.3, -0.25) is 4.79 Å². The summed E-state index contributed by atoms with van der Waals surface area (Å²) in [6.07, 6.45) is 0.413. The highest BCUT2D eigenvalue weighted by Gasteiger charge is 2.32. The van der Waals surface area contributed by atoms with E-state index in [9.17, 15) is 13.2 Å². The molecule has 1 aliphatic rings. The van der Waals surface area contributed by atoms with Gasteiger partial charge in [0.15, 0.2) is 9.84 Å². The van der Waals surface area contributed by atoms with Gasteiger partial charge in [0.1, 0.15) is 0 Å². The molecule has 114 valence electrons. The fraction of sp³-hybridized carbons (Fsp3) is 0.235. The maximum absolute atomic E-state index is 12.1. The first-order valence-corrected chi connectivity index (χ1v) is 9.02. The maximum atomic E-state index is 12.1. The van der Waals surface area contributed by atoms with Gasteiger partial charge in [0.25, 0.3) is 0 Å². The smallest absolute Gasteiger partial charge is 0.228 e. The molecule has 1 N–H and O–H groups in total. The second-order valence-electron chi connectivity index (χ2n) is 5.53. The van der Waals surface area contributed by atoms with Crippen molar-refractivity contribution >= 4 is 21.4 Å². The van der Waals surface area contributed by atoms with Gasteiger partial charge in [-0.1, -0.05) is 42.5 Å². The van der Waals surface area contributed by atoms with Crippen LogP contribution in [0, 0.1) is 5.92 Å². The van der Waals surface area contributed by atoms with Gasteiger partial charge in [0.05, 0.1) is 17.4 Å². The fourth-order valence-corrected chi connectivity index (χ4v) is 4.36. The monoisotopic (exact) mass is 315 g/mol. The Bertz CT molecular complexity index is 767. The SMILES string of the molecule is O=C(Nc1ccc(-c2ccccc2)cc1)C1CCS(=O)(=O)C1. The van der Waals surface area contributed by atoms with Crippen LogP contribution in [0.15, 0.2) is 54.6 Å². The van der Waals surface area contributed by atoms with Crippen molar-refractivity contribution in [3.63, 3.8) is 0 Å². The van der Waals surface area contributed by atoms with E-state index in [0.29, 0.717) is 12.1 Å². The Kier molecular flexibility index (Phi) is 3.98. The molecule has 1 fully saturated rings. The van der Waals surface area contributed by atoms with E-state index in [0.717, 1.165) is 11.1 Å². The zero-order chi connectivity index (χ0) is 15.6.